The standard InChI is InChI=1S/C10H15NO5S/c1-15-7-3-4-9(8(5-7)16-2)17(13,14)10(11)6-12/h3-5,10,12H,6,11H2,1-2H3. The maximum absolute atomic E-state index is 11.9. The molecular weight excluding hydrogens is 246 g/mol. The van der Waals surface area contributed by atoms with Gasteiger partial charge in [-0.3, -0.25) is 0 Å². The van der Waals surface area contributed by atoms with Crippen LogP contribution in [-0.2, 0) is 9.84 Å². The zero-order valence-corrected chi connectivity index (χ0v) is 10.4. The number of sulfone groups is 1. The van der Waals surface area contributed by atoms with Crippen molar-refractivity contribution >= 4 is 9.84 Å². The molecule has 1 unspecified atom stereocenters. The van der Waals surface area contributed by atoms with Gasteiger partial charge in [0.05, 0.1) is 20.8 Å². The number of rotatable bonds is 5. The number of hydrogen-bond donors (Lipinski definition) is 2. The van der Waals surface area contributed by atoms with Crippen LogP contribution in [0.25, 0.3) is 0 Å². The maximum atomic E-state index is 11.9. The Morgan fingerprint density at radius 3 is 2.47 bits per heavy atom. The van der Waals surface area contributed by atoms with E-state index in [0.717, 1.165) is 0 Å². The number of aliphatic hydroxyl groups is 1. The van der Waals surface area contributed by atoms with Crippen molar-refractivity contribution in [1.29, 1.82) is 0 Å². The molecule has 0 saturated carbocycles. The Balaban J connectivity index is 3.32. The number of ether oxygens (including phenoxy) is 2. The van der Waals surface area contributed by atoms with Gasteiger partial charge in [-0.2, -0.15) is 0 Å². The lowest BCUT2D eigenvalue weighted by atomic mass is 10.3. The molecule has 0 aliphatic carbocycles. The molecule has 6 nitrogen and oxygen atoms in total. The van der Waals surface area contributed by atoms with Crippen molar-refractivity contribution in [1.82, 2.24) is 0 Å². The molecule has 0 aliphatic rings. The lowest BCUT2D eigenvalue weighted by Crippen LogP contribution is -2.34. The lowest BCUT2D eigenvalue weighted by Gasteiger charge is -2.14. The SMILES string of the molecule is COc1ccc(S(=O)(=O)C(N)CO)c(OC)c1. The van der Waals surface area contributed by atoms with Gasteiger partial charge < -0.3 is 20.3 Å². The minimum absolute atomic E-state index is 0.0673. The fourth-order valence-electron chi connectivity index (χ4n) is 1.27. The number of aliphatic hydroxyl groups excluding tert-OH is 1. The van der Waals surface area contributed by atoms with Gasteiger partial charge in [-0.25, -0.2) is 8.42 Å². The molecule has 3 N–H and O–H groups in total. The zero-order chi connectivity index (χ0) is 13.1. The molecule has 0 fully saturated rings. The smallest absolute Gasteiger partial charge is 0.199 e. The van der Waals surface area contributed by atoms with E-state index in [4.69, 9.17) is 20.3 Å². The topological polar surface area (TPSA) is 98.9 Å². The van der Waals surface area contributed by atoms with E-state index in [0.29, 0.717) is 5.75 Å². The first kappa shape index (κ1) is 13.8. The van der Waals surface area contributed by atoms with Crippen molar-refractivity contribution in [2.24, 2.45) is 5.73 Å². The Morgan fingerprint density at radius 1 is 1.35 bits per heavy atom. The first-order valence-electron chi connectivity index (χ1n) is 4.79. The van der Waals surface area contributed by atoms with Crippen molar-refractivity contribution in [3.63, 3.8) is 0 Å². The van der Waals surface area contributed by atoms with Gasteiger partial charge in [-0.1, -0.05) is 0 Å². The van der Waals surface area contributed by atoms with Gasteiger partial charge in [0.1, 0.15) is 21.8 Å². The monoisotopic (exact) mass is 261 g/mol. The average molecular weight is 261 g/mol. The fourth-order valence-corrected chi connectivity index (χ4v) is 2.47. The van der Waals surface area contributed by atoms with E-state index in [1.54, 1.807) is 0 Å². The summed E-state index contributed by atoms with van der Waals surface area (Å²) in [7, 11) is -1.00. The summed E-state index contributed by atoms with van der Waals surface area (Å²) in [5.74, 6) is 0.603. The number of nitrogens with two attached hydrogens (primary N) is 1. The van der Waals surface area contributed by atoms with E-state index in [1.165, 1.54) is 32.4 Å². The minimum atomic E-state index is -3.81. The van der Waals surface area contributed by atoms with Crippen LogP contribution < -0.4 is 15.2 Å². The van der Waals surface area contributed by atoms with Crippen molar-refractivity contribution < 1.29 is 23.0 Å². The van der Waals surface area contributed by atoms with Gasteiger partial charge in [0.25, 0.3) is 0 Å². The van der Waals surface area contributed by atoms with E-state index in [9.17, 15) is 8.42 Å². The first-order chi connectivity index (χ1) is 7.97. The van der Waals surface area contributed by atoms with E-state index < -0.39 is 21.8 Å². The lowest BCUT2D eigenvalue weighted by molar-refractivity contribution is 0.291. The fraction of sp³-hybridized carbons (Fsp3) is 0.400. The highest BCUT2D eigenvalue weighted by Crippen LogP contribution is 2.29. The third-order valence-corrected chi connectivity index (χ3v) is 4.15. The molecule has 1 aromatic rings. The van der Waals surface area contributed by atoms with Crippen LogP contribution in [0, 0.1) is 0 Å². The van der Waals surface area contributed by atoms with Crippen LogP contribution in [-0.4, -0.2) is 39.7 Å². The third kappa shape index (κ3) is 2.68. The van der Waals surface area contributed by atoms with Gasteiger partial charge in [0.2, 0.25) is 0 Å². The number of benzene rings is 1. The second-order valence-corrected chi connectivity index (χ2v) is 5.42. The molecule has 0 aromatic heterocycles. The normalized spacial score (nSPS) is 13.2. The molecule has 1 aromatic carbocycles. The Labute approximate surface area is 99.9 Å². The molecule has 96 valence electrons. The van der Waals surface area contributed by atoms with Crippen LogP contribution >= 0.6 is 0 Å². The number of methoxy groups -OCH3 is 2. The summed E-state index contributed by atoms with van der Waals surface area (Å²) in [6.45, 7) is -0.655. The highest BCUT2D eigenvalue weighted by Gasteiger charge is 2.26. The highest BCUT2D eigenvalue weighted by atomic mass is 32.2. The zero-order valence-electron chi connectivity index (χ0n) is 9.58. The van der Waals surface area contributed by atoms with Gasteiger partial charge in [0, 0.05) is 6.07 Å². The molecule has 0 radical (unpaired) electrons. The predicted molar refractivity (Wildman–Crippen MR) is 61.8 cm³/mol. The molecule has 0 aliphatic heterocycles. The Bertz CT molecular complexity index is 485. The van der Waals surface area contributed by atoms with Crippen molar-refractivity contribution in [2.45, 2.75) is 10.3 Å². The summed E-state index contributed by atoms with van der Waals surface area (Å²) >= 11 is 0. The van der Waals surface area contributed by atoms with E-state index in [1.807, 2.05) is 0 Å². The van der Waals surface area contributed by atoms with Crippen molar-refractivity contribution in [3.8, 4) is 11.5 Å². The molecule has 0 bridgehead atoms. The summed E-state index contributed by atoms with van der Waals surface area (Å²) in [4.78, 5) is -0.0673. The quantitative estimate of drug-likeness (QED) is 0.758. The summed E-state index contributed by atoms with van der Waals surface area (Å²) in [6.07, 6.45) is 0. The predicted octanol–water partition coefficient (Wildman–Crippen LogP) is -0.245. The van der Waals surface area contributed by atoms with Crippen LogP contribution in [0.2, 0.25) is 0 Å². The van der Waals surface area contributed by atoms with E-state index in [-0.39, 0.29) is 10.6 Å². The van der Waals surface area contributed by atoms with E-state index >= 15 is 0 Å². The summed E-state index contributed by atoms with van der Waals surface area (Å²) in [6, 6.07) is 4.26. The van der Waals surface area contributed by atoms with Gasteiger partial charge >= 0.3 is 0 Å². The minimum Gasteiger partial charge on any atom is -0.497 e. The molecule has 0 spiro atoms. The second-order valence-electron chi connectivity index (χ2n) is 3.28. The second kappa shape index (κ2) is 5.35. The number of hydrogen-bond acceptors (Lipinski definition) is 6. The molecule has 17 heavy (non-hydrogen) atoms. The summed E-state index contributed by atoms with van der Waals surface area (Å²) in [5.41, 5.74) is 5.35. The molecule has 0 heterocycles. The summed E-state index contributed by atoms with van der Waals surface area (Å²) in [5, 5.41) is 7.46. The molecule has 0 saturated heterocycles. The third-order valence-electron chi connectivity index (χ3n) is 2.26. The van der Waals surface area contributed by atoms with Crippen LogP contribution in [0.5, 0.6) is 11.5 Å². The van der Waals surface area contributed by atoms with Crippen LogP contribution in [0.3, 0.4) is 0 Å². The van der Waals surface area contributed by atoms with Gasteiger partial charge in [0.15, 0.2) is 9.84 Å². The van der Waals surface area contributed by atoms with Crippen molar-refractivity contribution in [3.05, 3.63) is 18.2 Å². The van der Waals surface area contributed by atoms with Gasteiger partial charge in [-0.15, -0.1) is 0 Å². The molecule has 7 heteroatoms. The van der Waals surface area contributed by atoms with Crippen LogP contribution in [0.4, 0.5) is 0 Å². The van der Waals surface area contributed by atoms with Crippen molar-refractivity contribution in [2.75, 3.05) is 20.8 Å². The summed E-state index contributed by atoms with van der Waals surface area (Å²) < 4.78 is 33.8. The molecular formula is C10H15NO5S. The molecule has 1 rings (SSSR count). The van der Waals surface area contributed by atoms with Crippen LogP contribution in [0.1, 0.15) is 0 Å². The molecule has 0 amide bonds. The van der Waals surface area contributed by atoms with Gasteiger partial charge in [-0.05, 0) is 12.1 Å². The average Bonchev–Trinajstić information content (AvgIpc) is 2.36. The maximum Gasteiger partial charge on any atom is 0.199 e. The first-order valence-corrected chi connectivity index (χ1v) is 6.34. The Hall–Kier alpha value is -1.31. The van der Waals surface area contributed by atoms with Crippen LogP contribution in [0.15, 0.2) is 23.1 Å². The largest absolute Gasteiger partial charge is 0.497 e. The van der Waals surface area contributed by atoms with E-state index in [2.05, 4.69) is 0 Å². The highest BCUT2D eigenvalue weighted by molar-refractivity contribution is 7.92. The Kier molecular flexibility index (Phi) is 4.33. The molecule has 1 atom stereocenters. The Morgan fingerprint density at radius 2 is 2.00 bits per heavy atom.